The van der Waals surface area contributed by atoms with Crippen molar-refractivity contribution in [2.24, 2.45) is 5.73 Å². The minimum Gasteiger partial charge on any atom is -0.465 e. The number of anilines is 1. The molecule has 2 aromatic carbocycles. The number of halogens is 2. The Labute approximate surface area is 151 Å². The smallest absolute Gasteiger partial charge is 0.339 e. The molecular formula is C15H12BrFN2O5S. The van der Waals surface area contributed by atoms with Gasteiger partial charge in [0, 0.05) is 15.7 Å². The van der Waals surface area contributed by atoms with Crippen LogP contribution in [0.5, 0.6) is 0 Å². The van der Waals surface area contributed by atoms with Gasteiger partial charge in [0.15, 0.2) is 0 Å². The van der Waals surface area contributed by atoms with Crippen LogP contribution in [0.1, 0.15) is 20.7 Å². The maximum Gasteiger partial charge on any atom is 0.339 e. The lowest BCUT2D eigenvalue weighted by molar-refractivity contribution is 0.0599. The van der Waals surface area contributed by atoms with E-state index in [0.29, 0.717) is 0 Å². The minimum atomic E-state index is -4.33. The first-order valence-corrected chi connectivity index (χ1v) is 8.93. The Bertz CT molecular complexity index is 945. The average Bonchev–Trinajstić information content (AvgIpc) is 2.54. The molecule has 2 aromatic rings. The van der Waals surface area contributed by atoms with E-state index < -0.39 is 32.6 Å². The Balaban J connectivity index is 2.42. The third-order valence-electron chi connectivity index (χ3n) is 3.14. The van der Waals surface area contributed by atoms with Gasteiger partial charge >= 0.3 is 5.97 Å². The molecule has 0 unspecified atom stereocenters. The van der Waals surface area contributed by atoms with Crippen LogP contribution in [-0.2, 0) is 14.8 Å². The van der Waals surface area contributed by atoms with E-state index in [2.05, 4.69) is 25.4 Å². The number of benzene rings is 2. The number of esters is 1. The standard InChI is InChI=1S/C15H12BrFN2O5S/c1-24-15(21)10-6-13(12(17)7-11(10)16)25(22,23)19-9-4-2-8(3-5-9)14(18)20/h2-7,19H,1H3,(H2,18,20). The highest BCUT2D eigenvalue weighted by Gasteiger charge is 2.24. The molecule has 10 heteroatoms. The second kappa shape index (κ2) is 7.19. The van der Waals surface area contributed by atoms with E-state index in [1.54, 1.807) is 0 Å². The molecule has 25 heavy (non-hydrogen) atoms. The van der Waals surface area contributed by atoms with Crippen LogP contribution in [0.4, 0.5) is 10.1 Å². The molecule has 2 rings (SSSR count). The summed E-state index contributed by atoms with van der Waals surface area (Å²) >= 11 is 2.98. The summed E-state index contributed by atoms with van der Waals surface area (Å²) < 4.78 is 45.7. The van der Waals surface area contributed by atoms with Gasteiger partial charge < -0.3 is 10.5 Å². The van der Waals surface area contributed by atoms with E-state index in [1.165, 1.54) is 24.3 Å². The molecule has 0 fully saturated rings. The fourth-order valence-electron chi connectivity index (χ4n) is 1.91. The second-order valence-electron chi connectivity index (χ2n) is 4.80. The SMILES string of the molecule is COC(=O)c1cc(S(=O)(=O)Nc2ccc(C(N)=O)cc2)c(F)cc1Br. The Morgan fingerprint density at radius 3 is 2.32 bits per heavy atom. The molecule has 1 amide bonds. The van der Waals surface area contributed by atoms with Crippen LogP contribution in [0.25, 0.3) is 0 Å². The monoisotopic (exact) mass is 430 g/mol. The minimum absolute atomic E-state index is 0.0570. The Kier molecular flexibility index (Phi) is 5.43. The van der Waals surface area contributed by atoms with Crippen LogP contribution in [-0.4, -0.2) is 27.4 Å². The van der Waals surface area contributed by atoms with Gasteiger partial charge in [-0.3, -0.25) is 9.52 Å². The summed E-state index contributed by atoms with van der Waals surface area (Å²) in [6, 6.07) is 6.96. The molecule has 0 atom stereocenters. The van der Waals surface area contributed by atoms with E-state index in [1.807, 2.05) is 0 Å². The van der Waals surface area contributed by atoms with E-state index in [0.717, 1.165) is 19.2 Å². The maximum atomic E-state index is 14.1. The van der Waals surface area contributed by atoms with Gasteiger partial charge in [-0.1, -0.05) is 0 Å². The van der Waals surface area contributed by atoms with E-state index >= 15 is 0 Å². The number of rotatable bonds is 5. The highest BCUT2D eigenvalue weighted by Crippen LogP contribution is 2.26. The molecule has 0 heterocycles. The van der Waals surface area contributed by atoms with Gasteiger partial charge in [0.05, 0.1) is 12.7 Å². The average molecular weight is 431 g/mol. The molecule has 0 saturated carbocycles. The summed E-state index contributed by atoms with van der Waals surface area (Å²) in [5.74, 6) is -2.55. The van der Waals surface area contributed by atoms with Crippen molar-refractivity contribution in [2.45, 2.75) is 4.90 Å². The largest absolute Gasteiger partial charge is 0.465 e. The van der Waals surface area contributed by atoms with E-state index in [9.17, 15) is 22.4 Å². The zero-order chi connectivity index (χ0) is 18.8. The number of methoxy groups -OCH3 is 1. The first-order chi connectivity index (χ1) is 11.7. The maximum absolute atomic E-state index is 14.1. The molecule has 0 aliphatic carbocycles. The molecule has 3 N–H and O–H groups in total. The number of carbonyl (C=O) groups is 2. The lowest BCUT2D eigenvalue weighted by atomic mass is 10.2. The third-order valence-corrected chi connectivity index (χ3v) is 5.19. The van der Waals surface area contributed by atoms with Gasteiger partial charge in [0.1, 0.15) is 10.7 Å². The van der Waals surface area contributed by atoms with Crippen molar-refractivity contribution in [3.8, 4) is 0 Å². The van der Waals surface area contributed by atoms with Crippen LogP contribution in [0.2, 0.25) is 0 Å². The van der Waals surface area contributed by atoms with Crippen molar-refractivity contribution in [1.82, 2.24) is 0 Å². The topological polar surface area (TPSA) is 116 Å². The van der Waals surface area contributed by atoms with Crippen molar-refractivity contribution in [3.05, 3.63) is 57.8 Å². The number of hydrogen-bond donors (Lipinski definition) is 2. The van der Waals surface area contributed by atoms with Crippen molar-refractivity contribution in [3.63, 3.8) is 0 Å². The summed E-state index contributed by atoms with van der Waals surface area (Å²) in [4.78, 5) is 21.9. The number of carbonyl (C=O) groups excluding carboxylic acids is 2. The summed E-state index contributed by atoms with van der Waals surface area (Å²) in [6.07, 6.45) is 0. The highest BCUT2D eigenvalue weighted by molar-refractivity contribution is 9.10. The van der Waals surface area contributed by atoms with Crippen LogP contribution >= 0.6 is 15.9 Å². The van der Waals surface area contributed by atoms with Gasteiger partial charge in [-0.15, -0.1) is 0 Å². The number of hydrogen-bond acceptors (Lipinski definition) is 5. The fourth-order valence-corrected chi connectivity index (χ4v) is 3.54. The molecule has 0 spiro atoms. The molecule has 7 nitrogen and oxygen atoms in total. The predicted molar refractivity (Wildman–Crippen MR) is 91.2 cm³/mol. The van der Waals surface area contributed by atoms with Crippen molar-refractivity contribution < 1.29 is 27.1 Å². The normalized spacial score (nSPS) is 11.0. The Morgan fingerprint density at radius 1 is 1.20 bits per heavy atom. The first kappa shape index (κ1) is 18.9. The number of sulfonamides is 1. The summed E-state index contributed by atoms with van der Waals surface area (Å²) in [7, 11) is -3.21. The summed E-state index contributed by atoms with van der Waals surface area (Å²) in [5.41, 5.74) is 5.23. The number of amides is 1. The van der Waals surface area contributed by atoms with Gasteiger partial charge in [-0.2, -0.15) is 0 Å². The molecule has 0 saturated heterocycles. The van der Waals surface area contributed by atoms with Crippen LogP contribution in [0.3, 0.4) is 0 Å². The van der Waals surface area contributed by atoms with E-state index in [4.69, 9.17) is 5.73 Å². The van der Waals surface area contributed by atoms with E-state index in [-0.39, 0.29) is 21.3 Å². The van der Waals surface area contributed by atoms with Crippen molar-refractivity contribution >= 4 is 43.5 Å². The predicted octanol–water partition coefficient (Wildman–Crippen LogP) is 2.27. The lowest BCUT2D eigenvalue weighted by Gasteiger charge is -2.11. The van der Waals surface area contributed by atoms with Gasteiger partial charge in [0.2, 0.25) is 5.91 Å². The molecule has 0 aliphatic heterocycles. The summed E-state index contributed by atoms with van der Waals surface area (Å²) in [6.45, 7) is 0. The van der Waals surface area contributed by atoms with Crippen LogP contribution in [0.15, 0.2) is 45.8 Å². The van der Waals surface area contributed by atoms with Crippen molar-refractivity contribution in [1.29, 1.82) is 0 Å². The van der Waals surface area contributed by atoms with Crippen LogP contribution < -0.4 is 10.5 Å². The number of ether oxygens (including phenoxy) is 1. The van der Waals surface area contributed by atoms with Gasteiger partial charge in [-0.25, -0.2) is 17.6 Å². The molecule has 0 bridgehead atoms. The molecular weight excluding hydrogens is 419 g/mol. The molecule has 0 radical (unpaired) electrons. The van der Waals surface area contributed by atoms with Gasteiger partial charge in [-0.05, 0) is 52.3 Å². The zero-order valence-electron chi connectivity index (χ0n) is 12.7. The quantitative estimate of drug-likeness (QED) is 0.705. The highest BCUT2D eigenvalue weighted by atomic mass is 79.9. The molecule has 0 aromatic heterocycles. The fraction of sp³-hybridized carbons (Fsp3) is 0.0667. The summed E-state index contributed by atoms with van der Waals surface area (Å²) in [5, 5.41) is 0. The third kappa shape index (κ3) is 4.15. The lowest BCUT2D eigenvalue weighted by Crippen LogP contribution is -2.16. The van der Waals surface area contributed by atoms with Crippen LogP contribution in [0, 0.1) is 5.82 Å². The zero-order valence-corrected chi connectivity index (χ0v) is 15.1. The second-order valence-corrected chi connectivity index (χ2v) is 7.31. The number of nitrogens with one attached hydrogen (secondary N) is 1. The van der Waals surface area contributed by atoms with Gasteiger partial charge in [0.25, 0.3) is 10.0 Å². The molecule has 132 valence electrons. The Hall–Kier alpha value is -2.46. The number of primary amides is 1. The first-order valence-electron chi connectivity index (χ1n) is 6.65. The van der Waals surface area contributed by atoms with Crippen molar-refractivity contribution in [2.75, 3.05) is 11.8 Å². The number of nitrogens with two attached hydrogens (primary N) is 1. The Morgan fingerprint density at radius 2 is 1.80 bits per heavy atom. The molecule has 0 aliphatic rings.